The molecule has 0 amide bonds. The first-order chi connectivity index (χ1) is 2.00. The minimum absolute atomic E-state index is 0. The molecule has 32 valence electrons. The summed E-state index contributed by atoms with van der Waals surface area (Å²) in [7, 11) is -4.61. The van der Waals surface area contributed by atoms with Crippen molar-refractivity contribution in [3.63, 3.8) is 0 Å². The van der Waals surface area contributed by atoms with Crippen molar-refractivity contribution in [2.45, 2.75) is 0 Å². The van der Waals surface area contributed by atoms with Gasteiger partial charge in [0.1, 0.15) is 0 Å². The van der Waals surface area contributed by atoms with Crippen LogP contribution in [0.5, 0.6) is 0 Å². The van der Waals surface area contributed by atoms with E-state index in [0.29, 0.717) is 0 Å². The van der Waals surface area contributed by atoms with E-state index in [0.717, 1.165) is 0 Å². The van der Waals surface area contributed by atoms with E-state index in [1.165, 1.54) is 0 Å². The van der Waals surface area contributed by atoms with E-state index in [1.54, 1.807) is 0 Å². The molecule has 0 saturated carbocycles. The molecule has 0 bridgehead atoms. The average Bonchev–Trinajstić information content (AvgIpc) is 0.722. The first-order valence-electron chi connectivity index (χ1n) is 0.894. The molecule has 0 radical (unpaired) electrons. The Morgan fingerprint density at radius 1 is 0.750 bits per heavy atom. The molecule has 0 aromatic carbocycles. The predicted molar refractivity (Wildman–Crippen MR) is 20.4 cm³/mol. The number of rotatable bonds is 0. The summed E-state index contributed by atoms with van der Waals surface area (Å²) in [5.74, 6) is 0. The maximum atomic E-state index is 7.33. The van der Waals surface area contributed by atoms with Crippen LogP contribution in [0, 0.1) is 0 Å². The van der Waals surface area contributed by atoms with Crippen LogP contribution in [0.15, 0.2) is 0 Å². The van der Waals surface area contributed by atoms with Gasteiger partial charge in [0.2, 0.25) is 0 Å². The van der Waals surface area contributed by atoms with E-state index < -0.39 is 9.05 Å². The maximum Gasteiger partial charge on any atom is 3.00 e. The first kappa shape index (κ1) is 22.6. The molecule has 0 aliphatic rings. The standard InChI is InChI=1S/Al.2Li.H4O4Si/c;;;1-5(2,3)4/h;;;1-4H/q+3;2*+1;. The minimum Gasteiger partial charge on any atom is -0.368 e. The van der Waals surface area contributed by atoms with Crippen LogP contribution < -0.4 is 37.7 Å². The van der Waals surface area contributed by atoms with Crippen molar-refractivity contribution in [1.29, 1.82) is 0 Å². The Bertz CT molecular complexity index is 29.5. The molecule has 0 atom stereocenters. The molecule has 4 nitrogen and oxygen atoms in total. The number of hydrogen-bond acceptors (Lipinski definition) is 4. The fourth-order valence-electron chi connectivity index (χ4n) is 0. The zero-order valence-electron chi connectivity index (χ0n) is 4.87. The molecule has 4 N–H and O–H groups in total. The van der Waals surface area contributed by atoms with Crippen molar-refractivity contribution < 1.29 is 56.9 Å². The van der Waals surface area contributed by atoms with Crippen molar-refractivity contribution >= 4 is 26.4 Å². The Kier molecular flexibility index (Phi) is 24.8. The number of hydrogen-bond donors (Lipinski definition) is 4. The smallest absolute Gasteiger partial charge is 0.368 e. The first-order valence-corrected chi connectivity index (χ1v) is 2.68. The third-order valence-corrected chi connectivity index (χ3v) is 0. The summed E-state index contributed by atoms with van der Waals surface area (Å²) in [6, 6.07) is 0. The van der Waals surface area contributed by atoms with Crippen molar-refractivity contribution in [1.82, 2.24) is 0 Å². The zero-order chi connectivity index (χ0) is 4.50. The van der Waals surface area contributed by atoms with Crippen LogP contribution in [0.4, 0.5) is 0 Å². The van der Waals surface area contributed by atoms with E-state index in [4.69, 9.17) is 19.2 Å². The van der Waals surface area contributed by atoms with E-state index in [-0.39, 0.29) is 55.1 Å². The predicted octanol–water partition coefficient (Wildman–Crippen LogP) is -8.98. The molecule has 8 heavy (non-hydrogen) atoms. The molecule has 0 fully saturated rings. The third-order valence-electron chi connectivity index (χ3n) is 0. The van der Waals surface area contributed by atoms with Gasteiger partial charge in [-0.2, -0.15) is 0 Å². The zero-order valence-corrected chi connectivity index (χ0v) is 7.02. The molecule has 0 saturated heterocycles. The largest absolute Gasteiger partial charge is 3.00 e. The fraction of sp³-hybridized carbons (Fsp3) is 0. The Hall–Kier alpha value is 1.78. The molecular formula is H4AlLi2O4Si+5. The third kappa shape index (κ3) is 113. The molecule has 0 aromatic rings. The van der Waals surface area contributed by atoms with Crippen molar-refractivity contribution in [2.24, 2.45) is 0 Å². The van der Waals surface area contributed by atoms with Crippen molar-refractivity contribution in [3.05, 3.63) is 0 Å². The summed E-state index contributed by atoms with van der Waals surface area (Å²) in [5, 5.41) is 0. The Morgan fingerprint density at radius 3 is 0.750 bits per heavy atom. The summed E-state index contributed by atoms with van der Waals surface area (Å²) < 4.78 is 0. The van der Waals surface area contributed by atoms with Crippen LogP contribution in [0.3, 0.4) is 0 Å². The Balaban J connectivity index is -0.0000000267. The Morgan fingerprint density at radius 2 is 0.750 bits per heavy atom. The second-order valence-corrected chi connectivity index (χ2v) is 1.80. The monoisotopic (exact) mass is 137 g/mol. The molecule has 0 aliphatic carbocycles. The van der Waals surface area contributed by atoms with Crippen LogP contribution in [-0.2, 0) is 0 Å². The van der Waals surface area contributed by atoms with Gasteiger partial charge in [0.05, 0.1) is 0 Å². The van der Waals surface area contributed by atoms with Gasteiger partial charge in [0, 0.05) is 0 Å². The van der Waals surface area contributed by atoms with Crippen molar-refractivity contribution in [3.8, 4) is 0 Å². The van der Waals surface area contributed by atoms with Crippen LogP contribution >= 0.6 is 0 Å². The minimum atomic E-state index is -4.61. The van der Waals surface area contributed by atoms with Gasteiger partial charge in [-0.1, -0.05) is 0 Å². The van der Waals surface area contributed by atoms with Gasteiger partial charge in [-0.15, -0.1) is 0 Å². The van der Waals surface area contributed by atoms with Gasteiger partial charge in [-0.3, -0.25) is 0 Å². The SMILES string of the molecule is O[Si](O)(O)O.[Al+3].[Li+].[Li+]. The van der Waals surface area contributed by atoms with Gasteiger partial charge < -0.3 is 19.2 Å². The molecule has 8 heteroatoms. The van der Waals surface area contributed by atoms with E-state index in [1.807, 2.05) is 0 Å². The van der Waals surface area contributed by atoms with E-state index in [9.17, 15) is 0 Å². The molecule has 0 unspecified atom stereocenters. The topological polar surface area (TPSA) is 80.9 Å². The van der Waals surface area contributed by atoms with Crippen LogP contribution in [0.2, 0.25) is 0 Å². The van der Waals surface area contributed by atoms with E-state index in [2.05, 4.69) is 0 Å². The summed E-state index contributed by atoms with van der Waals surface area (Å²) >= 11 is 0. The summed E-state index contributed by atoms with van der Waals surface area (Å²) in [5.41, 5.74) is 0. The maximum absolute atomic E-state index is 7.33. The summed E-state index contributed by atoms with van der Waals surface area (Å²) in [6.45, 7) is 0. The fourth-order valence-corrected chi connectivity index (χ4v) is 0. The van der Waals surface area contributed by atoms with Gasteiger partial charge >= 0.3 is 64.1 Å². The van der Waals surface area contributed by atoms with Crippen LogP contribution in [-0.4, -0.2) is 45.6 Å². The van der Waals surface area contributed by atoms with Gasteiger partial charge in [-0.25, -0.2) is 0 Å². The second kappa shape index (κ2) is 8.78. The summed E-state index contributed by atoms with van der Waals surface area (Å²) in [4.78, 5) is 29.3. The van der Waals surface area contributed by atoms with Crippen LogP contribution in [0.1, 0.15) is 0 Å². The molecule has 0 heterocycles. The van der Waals surface area contributed by atoms with Crippen LogP contribution in [0.25, 0.3) is 0 Å². The average molecular weight is 137 g/mol. The molecule has 0 rings (SSSR count). The molecule has 0 spiro atoms. The summed E-state index contributed by atoms with van der Waals surface area (Å²) in [6.07, 6.45) is 0. The Labute approximate surface area is 82.9 Å². The van der Waals surface area contributed by atoms with Crippen molar-refractivity contribution in [2.75, 3.05) is 0 Å². The quantitative estimate of drug-likeness (QED) is 0.250. The second-order valence-electron chi connectivity index (χ2n) is 0.600. The molecule has 0 aromatic heterocycles. The molecule has 0 aliphatic heterocycles. The van der Waals surface area contributed by atoms with Gasteiger partial charge in [0.15, 0.2) is 0 Å². The van der Waals surface area contributed by atoms with Gasteiger partial charge in [0.25, 0.3) is 0 Å². The van der Waals surface area contributed by atoms with E-state index >= 15 is 0 Å². The normalized spacial score (nSPS) is 7.50. The molecular weight excluding hydrogens is 133 g/mol. The van der Waals surface area contributed by atoms with Gasteiger partial charge in [-0.05, 0) is 0 Å².